The molecule has 1 nitrogen and oxygen atoms in total. The summed E-state index contributed by atoms with van der Waals surface area (Å²) in [6.45, 7) is 2.03. The van der Waals surface area contributed by atoms with Crippen LogP contribution in [0.15, 0.2) is 11.0 Å². The summed E-state index contributed by atoms with van der Waals surface area (Å²) in [6, 6.07) is 0. The van der Waals surface area contributed by atoms with Gasteiger partial charge in [0.2, 0.25) is 0 Å². The van der Waals surface area contributed by atoms with Crippen molar-refractivity contribution in [1.82, 2.24) is 0 Å². The van der Waals surface area contributed by atoms with Gasteiger partial charge in [0.25, 0.3) is 0 Å². The van der Waals surface area contributed by atoms with E-state index in [1.54, 1.807) is 17.8 Å². The lowest BCUT2D eigenvalue weighted by atomic mass is 10.4. The zero-order valence-electron chi connectivity index (χ0n) is 5.18. The van der Waals surface area contributed by atoms with E-state index < -0.39 is 0 Å². The fraction of sp³-hybridized carbons (Fsp3) is 0.500. The van der Waals surface area contributed by atoms with Gasteiger partial charge < -0.3 is 0 Å². The third kappa shape index (κ3) is 2.86. The van der Waals surface area contributed by atoms with Crippen molar-refractivity contribution in [2.45, 2.75) is 13.3 Å². The highest BCUT2D eigenvalue weighted by molar-refractivity contribution is 8.02. The molecule has 2 heteroatoms. The first-order chi connectivity index (χ1) is 3.85. The molecule has 0 saturated carbocycles. The lowest BCUT2D eigenvalue weighted by molar-refractivity contribution is -0.104. The molecule has 0 spiro atoms. The van der Waals surface area contributed by atoms with E-state index in [1.807, 2.05) is 13.2 Å². The summed E-state index contributed by atoms with van der Waals surface area (Å²) >= 11 is 1.62. The van der Waals surface area contributed by atoms with Crippen molar-refractivity contribution in [3.05, 3.63) is 11.0 Å². The summed E-state index contributed by atoms with van der Waals surface area (Å²) in [7, 11) is 0. The first kappa shape index (κ1) is 7.76. The zero-order chi connectivity index (χ0) is 6.41. The molecule has 0 saturated heterocycles. The quantitative estimate of drug-likeness (QED) is 0.428. The molecule has 0 radical (unpaired) electrons. The Hall–Kier alpha value is -0.240. The molecule has 0 amide bonds. The molecule has 8 heavy (non-hydrogen) atoms. The summed E-state index contributed by atoms with van der Waals surface area (Å²) in [5.41, 5.74) is 0. The Balaban J connectivity index is 3.66. The maximum Gasteiger partial charge on any atom is 0.143 e. The van der Waals surface area contributed by atoms with Gasteiger partial charge in [-0.3, -0.25) is 4.79 Å². The van der Waals surface area contributed by atoms with Crippen molar-refractivity contribution in [3.8, 4) is 0 Å². The average Bonchev–Trinajstić information content (AvgIpc) is 1.83. The van der Waals surface area contributed by atoms with E-state index in [4.69, 9.17) is 0 Å². The Labute approximate surface area is 54.2 Å². The third-order valence-corrected chi connectivity index (χ3v) is 1.81. The van der Waals surface area contributed by atoms with E-state index in [2.05, 4.69) is 0 Å². The molecule has 0 aliphatic heterocycles. The van der Waals surface area contributed by atoms with Crippen LogP contribution in [0.2, 0.25) is 0 Å². The van der Waals surface area contributed by atoms with Crippen LogP contribution in [0.4, 0.5) is 0 Å². The highest BCUT2D eigenvalue weighted by Gasteiger charge is 1.85. The number of aldehydes is 1. The van der Waals surface area contributed by atoms with Gasteiger partial charge in [-0.05, 0) is 23.7 Å². The van der Waals surface area contributed by atoms with Crippen LogP contribution in [0.1, 0.15) is 13.3 Å². The first-order valence-corrected chi connectivity index (χ1v) is 3.76. The number of hydrogen-bond donors (Lipinski definition) is 0. The maximum absolute atomic E-state index is 9.84. The lowest BCUT2D eigenvalue weighted by Gasteiger charge is -1.92. The summed E-state index contributed by atoms with van der Waals surface area (Å²) in [6.07, 6.45) is 5.36. The number of allylic oxidation sites excluding steroid dienone is 2. The van der Waals surface area contributed by atoms with Gasteiger partial charge in [0.15, 0.2) is 0 Å². The number of carbonyl (C=O) groups excluding carboxylic acids is 1. The lowest BCUT2D eigenvalue weighted by Crippen LogP contribution is -1.71. The molecule has 0 fully saturated rings. The second kappa shape index (κ2) is 4.91. The largest absolute Gasteiger partial charge is 0.299 e. The Bertz CT molecular complexity index is 90.7. The Morgan fingerprint density at radius 3 is 2.50 bits per heavy atom. The van der Waals surface area contributed by atoms with Gasteiger partial charge in [-0.25, -0.2) is 0 Å². The number of thioether (sulfide) groups is 1. The fourth-order valence-electron chi connectivity index (χ4n) is 0.406. The molecule has 0 N–H and O–H groups in total. The molecule has 0 aliphatic carbocycles. The molecule has 0 aromatic carbocycles. The van der Waals surface area contributed by atoms with Gasteiger partial charge in [0.1, 0.15) is 6.29 Å². The van der Waals surface area contributed by atoms with E-state index in [9.17, 15) is 4.79 Å². The van der Waals surface area contributed by atoms with E-state index in [-0.39, 0.29) is 0 Å². The van der Waals surface area contributed by atoms with Gasteiger partial charge in [0, 0.05) is 0 Å². The molecular formula is C6H10OS. The molecule has 0 atom stereocenters. The molecule has 46 valence electrons. The number of carbonyl (C=O) groups is 1. The van der Waals surface area contributed by atoms with Crippen LogP contribution in [0.3, 0.4) is 0 Å². The van der Waals surface area contributed by atoms with Crippen molar-refractivity contribution >= 4 is 18.0 Å². The van der Waals surface area contributed by atoms with Crippen LogP contribution in [0, 0.1) is 0 Å². The zero-order valence-corrected chi connectivity index (χ0v) is 5.99. The molecule has 0 aromatic heterocycles. The van der Waals surface area contributed by atoms with Crippen molar-refractivity contribution in [2.75, 3.05) is 6.26 Å². The average molecular weight is 130 g/mol. The summed E-state index contributed by atoms with van der Waals surface area (Å²) in [5, 5.41) is 0. The first-order valence-electron chi connectivity index (χ1n) is 2.53. The summed E-state index contributed by atoms with van der Waals surface area (Å²) < 4.78 is 0. The minimum atomic E-state index is 0.829. The van der Waals surface area contributed by atoms with Gasteiger partial charge in [-0.1, -0.05) is 6.92 Å². The van der Waals surface area contributed by atoms with Crippen LogP contribution >= 0.6 is 11.8 Å². The smallest absolute Gasteiger partial charge is 0.143 e. The minimum Gasteiger partial charge on any atom is -0.299 e. The van der Waals surface area contributed by atoms with Crippen LogP contribution in [-0.4, -0.2) is 12.5 Å². The van der Waals surface area contributed by atoms with E-state index >= 15 is 0 Å². The fourth-order valence-corrected chi connectivity index (χ4v) is 0.886. The van der Waals surface area contributed by atoms with Crippen molar-refractivity contribution in [1.29, 1.82) is 0 Å². The number of rotatable bonds is 3. The molecule has 0 bridgehead atoms. The normalized spacial score (nSPS) is 11.5. The SMILES string of the molecule is CC/C(=C\C=O)SC. The predicted octanol–water partition coefficient (Wildman–Crippen LogP) is 1.84. The van der Waals surface area contributed by atoms with Crippen LogP contribution in [0.25, 0.3) is 0 Å². The summed E-state index contributed by atoms with van der Waals surface area (Å²) in [5.74, 6) is 0. The van der Waals surface area contributed by atoms with Crippen molar-refractivity contribution in [2.24, 2.45) is 0 Å². The maximum atomic E-state index is 9.84. The highest BCUT2D eigenvalue weighted by Crippen LogP contribution is 2.13. The van der Waals surface area contributed by atoms with Crippen LogP contribution in [-0.2, 0) is 4.79 Å². The van der Waals surface area contributed by atoms with Crippen molar-refractivity contribution < 1.29 is 4.79 Å². The van der Waals surface area contributed by atoms with Crippen LogP contribution in [0.5, 0.6) is 0 Å². The monoisotopic (exact) mass is 130 g/mol. The topological polar surface area (TPSA) is 17.1 Å². The molecule has 0 heterocycles. The molecule has 0 rings (SSSR count). The summed E-state index contributed by atoms with van der Waals surface area (Å²) in [4.78, 5) is 11.0. The Kier molecular flexibility index (Phi) is 4.76. The van der Waals surface area contributed by atoms with Gasteiger partial charge >= 0.3 is 0 Å². The predicted molar refractivity (Wildman–Crippen MR) is 38.0 cm³/mol. The van der Waals surface area contributed by atoms with Crippen molar-refractivity contribution in [3.63, 3.8) is 0 Å². The molecular weight excluding hydrogens is 120 g/mol. The van der Waals surface area contributed by atoms with Gasteiger partial charge in [-0.2, -0.15) is 0 Å². The van der Waals surface area contributed by atoms with Gasteiger partial charge in [0.05, 0.1) is 0 Å². The highest BCUT2D eigenvalue weighted by atomic mass is 32.2. The van der Waals surface area contributed by atoms with Crippen LogP contribution < -0.4 is 0 Å². The number of hydrogen-bond acceptors (Lipinski definition) is 2. The standard InChI is InChI=1S/C6H10OS/c1-3-6(8-2)4-5-7/h4-5H,3H2,1-2H3/b6-4+. The minimum absolute atomic E-state index is 0.829. The second-order valence-corrected chi connectivity index (χ2v) is 2.26. The Morgan fingerprint density at radius 1 is 1.75 bits per heavy atom. The second-order valence-electron chi connectivity index (χ2n) is 1.33. The molecule has 0 aliphatic rings. The van der Waals surface area contributed by atoms with E-state index in [0.29, 0.717) is 0 Å². The third-order valence-electron chi connectivity index (χ3n) is 0.865. The van der Waals surface area contributed by atoms with E-state index in [1.165, 1.54) is 0 Å². The van der Waals surface area contributed by atoms with Gasteiger partial charge in [-0.15, -0.1) is 11.8 Å². The molecule has 0 aromatic rings. The van der Waals surface area contributed by atoms with E-state index in [0.717, 1.165) is 17.6 Å². The molecule has 0 unspecified atom stereocenters. The Morgan fingerprint density at radius 2 is 2.38 bits per heavy atom.